The van der Waals surface area contributed by atoms with Gasteiger partial charge in [0, 0.05) is 0 Å². The second kappa shape index (κ2) is 7.96. The molecule has 0 saturated heterocycles. The van der Waals surface area contributed by atoms with E-state index >= 15 is 0 Å². The summed E-state index contributed by atoms with van der Waals surface area (Å²) in [6.07, 6.45) is 2.21. The Morgan fingerprint density at radius 1 is 1.00 bits per heavy atom. The third-order valence-corrected chi connectivity index (χ3v) is 4.99. The van der Waals surface area contributed by atoms with Crippen molar-refractivity contribution in [2.45, 2.75) is 6.92 Å². The molecule has 2 aromatic rings. The van der Waals surface area contributed by atoms with Gasteiger partial charge in [0.1, 0.15) is 0 Å². The molecule has 0 radical (unpaired) electrons. The number of ether oxygens (including phenoxy) is 1. The fourth-order valence-corrected chi connectivity index (χ4v) is 3.69. The van der Waals surface area contributed by atoms with Gasteiger partial charge in [-0.25, -0.2) is 0 Å². The molecule has 0 saturated carbocycles. The second-order valence-corrected chi connectivity index (χ2v) is 6.35. The normalized spacial score (nSPS) is 11.5. The first kappa shape index (κ1) is 14.1. The van der Waals surface area contributed by atoms with Crippen LogP contribution in [0.4, 0.5) is 0 Å². The molecule has 0 N–H and O–H groups in total. The molecule has 0 unspecified atom stereocenters. The number of rotatable bonds is 6. The van der Waals surface area contributed by atoms with Gasteiger partial charge in [0.2, 0.25) is 0 Å². The molecule has 1 nitrogen and oxygen atoms in total. The van der Waals surface area contributed by atoms with E-state index in [1.165, 1.54) is 14.5 Å². The van der Waals surface area contributed by atoms with Crippen LogP contribution in [0, 0.1) is 0 Å². The molecule has 2 rings (SSSR count). The van der Waals surface area contributed by atoms with Crippen LogP contribution in [0.25, 0.3) is 4.47 Å². The van der Waals surface area contributed by atoms with E-state index in [0.29, 0.717) is 21.6 Å². The van der Waals surface area contributed by atoms with Crippen molar-refractivity contribution >= 4 is 23.9 Å². The molecule has 0 spiro atoms. The summed E-state index contributed by atoms with van der Waals surface area (Å²) in [5.74, 6) is 0. The monoisotopic (exact) mass is 318 g/mol. The van der Waals surface area contributed by atoms with E-state index in [1.807, 2.05) is 6.92 Å². The van der Waals surface area contributed by atoms with Crippen LogP contribution in [0.15, 0.2) is 66.7 Å². The molecular formula is C17H18OSe. The van der Waals surface area contributed by atoms with Crippen LogP contribution in [-0.2, 0) is 4.74 Å². The van der Waals surface area contributed by atoms with Crippen LogP contribution < -0.4 is 4.46 Å². The first-order valence-electron chi connectivity index (χ1n) is 6.46. The topological polar surface area (TPSA) is 9.23 Å². The first-order valence-corrected chi connectivity index (χ1v) is 8.17. The van der Waals surface area contributed by atoms with Crippen molar-refractivity contribution in [3.8, 4) is 0 Å². The van der Waals surface area contributed by atoms with E-state index < -0.39 is 0 Å². The van der Waals surface area contributed by atoms with Gasteiger partial charge in [-0.2, -0.15) is 0 Å². The molecular weight excluding hydrogens is 299 g/mol. The molecule has 0 fully saturated rings. The van der Waals surface area contributed by atoms with Crippen molar-refractivity contribution in [3.63, 3.8) is 0 Å². The van der Waals surface area contributed by atoms with Crippen molar-refractivity contribution in [3.05, 3.63) is 72.3 Å². The summed E-state index contributed by atoms with van der Waals surface area (Å²) < 4.78 is 8.23. The quantitative estimate of drug-likeness (QED) is 0.588. The molecule has 0 heterocycles. The van der Waals surface area contributed by atoms with Crippen LogP contribution in [0.3, 0.4) is 0 Å². The third kappa shape index (κ3) is 4.68. The van der Waals surface area contributed by atoms with Crippen molar-refractivity contribution in [1.29, 1.82) is 0 Å². The van der Waals surface area contributed by atoms with E-state index in [1.54, 1.807) is 0 Å². The second-order valence-electron chi connectivity index (χ2n) is 4.01. The molecule has 0 amide bonds. The van der Waals surface area contributed by atoms with Crippen LogP contribution in [0.2, 0.25) is 0 Å². The van der Waals surface area contributed by atoms with Crippen molar-refractivity contribution in [1.82, 2.24) is 0 Å². The minimum atomic E-state index is 0.319. The van der Waals surface area contributed by atoms with Gasteiger partial charge in [-0.05, 0) is 0 Å². The van der Waals surface area contributed by atoms with E-state index in [9.17, 15) is 0 Å². The Hall–Kier alpha value is -1.34. The average Bonchev–Trinajstić information content (AvgIpc) is 2.48. The van der Waals surface area contributed by atoms with E-state index in [4.69, 9.17) is 4.74 Å². The molecule has 2 aromatic carbocycles. The summed E-state index contributed by atoms with van der Waals surface area (Å²) in [5.41, 5.74) is 1.30. The number of hydrogen-bond donors (Lipinski definition) is 0. The maximum atomic E-state index is 5.46. The molecule has 98 valence electrons. The molecule has 19 heavy (non-hydrogen) atoms. The standard InChI is InChI=1S/C17H18OSe/c1-2-18-14-13-17(15-9-5-3-6-10-15)19-16-11-7-4-8-12-16/h3-13H,2,14H2,1H3/b17-13-. The summed E-state index contributed by atoms with van der Waals surface area (Å²) in [6, 6.07) is 21.2. The van der Waals surface area contributed by atoms with E-state index in [0.717, 1.165) is 6.61 Å². The first-order chi connectivity index (χ1) is 9.40. The van der Waals surface area contributed by atoms with Gasteiger partial charge in [0.15, 0.2) is 0 Å². The Kier molecular flexibility index (Phi) is 5.89. The Bertz CT molecular complexity index is 505. The van der Waals surface area contributed by atoms with E-state index in [2.05, 4.69) is 66.7 Å². The van der Waals surface area contributed by atoms with Gasteiger partial charge in [-0.15, -0.1) is 0 Å². The predicted molar refractivity (Wildman–Crippen MR) is 82.7 cm³/mol. The van der Waals surface area contributed by atoms with Gasteiger partial charge >= 0.3 is 121 Å². The molecule has 0 aliphatic heterocycles. The Morgan fingerprint density at radius 3 is 2.26 bits per heavy atom. The van der Waals surface area contributed by atoms with Crippen molar-refractivity contribution in [2.75, 3.05) is 13.2 Å². The molecule has 0 aromatic heterocycles. The van der Waals surface area contributed by atoms with Crippen LogP contribution >= 0.6 is 0 Å². The third-order valence-electron chi connectivity index (χ3n) is 2.62. The molecule has 0 bridgehead atoms. The Morgan fingerprint density at radius 2 is 1.63 bits per heavy atom. The Labute approximate surface area is 121 Å². The minimum absolute atomic E-state index is 0.319. The zero-order valence-electron chi connectivity index (χ0n) is 11.1. The van der Waals surface area contributed by atoms with Gasteiger partial charge < -0.3 is 0 Å². The zero-order valence-corrected chi connectivity index (χ0v) is 12.8. The van der Waals surface area contributed by atoms with Crippen LogP contribution in [0.1, 0.15) is 12.5 Å². The SMILES string of the molecule is CCOC/C=C(\[Se]c1ccccc1)c1ccccc1. The van der Waals surface area contributed by atoms with Gasteiger partial charge in [-0.3, -0.25) is 0 Å². The average molecular weight is 317 g/mol. The number of hydrogen-bond acceptors (Lipinski definition) is 1. The summed E-state index contributed by atoms with van der Waals surface area (Å²) >= 11 is 0.319. The molecule has 2 heteroatoms. The van der Waals surface area contributed by atoms with Crippen molar-refractivity contribution < 1.29 is 4.74 Å². The zero-order chi connectivity index (χ0) is 13.3. The van der Waals surface area contributed by atoms with Crippen LogP contribution in [0.5, 0.6) is 0 Å². The van der Waals surface area contributed by atoms with Crippen molar-refractivity contribution in [2.24, 2.45) is 0 Å². The van der Waals surface area contributed by atoms with Crippen LogP contribution in [-0.4, -0.2) is 28.2 Å². The molecule has 0 atom stereocenters. The fraction of sp³-hybridized carbons (Fsp3) is 0.176. The van der Waals surface area contributed by atoms with Gasteiger partial charge in [-0.1, -0.05) is 0 Å². The fourth-order valence-electron chi connectivity index (χ4n) is 1.69. The molecule has 0 aliphatic rings. The summed E-state index contributed by atoms with van der Waals surface area (Å²) in [5, 5.41) is 0. The number of benzene rings is 2. The van der Waals surface area contributed by atoms with Gasteiger partial charge in [0.25, 0.3) is 0 Å². The Balaban J connectivity index is 2.17. The summed E-state index contributed by atoms with van der Waals surface area (Å²) in [4.78, 5) is 0. The predicted octanol–water partition coefficient (Wildman–Crippen LogP) is 3.09. The molecule has 0 aliphatic carbocycles. The summed E-state index contributed by atoms with van der Waals surface area (Å²) in [7, 11) is 0. The van der Waals surface area contributed by atoms with Gasteiger partial charge in [0.05, 0.1) is 0 Å². The maximum absolute atomic E-state index is 5.46. The summed E-state index contributed by atoms with van der Waals surface area (Å²) in [6.45, 7) is 3.48. The van der Waals surface area contributed by atoms with E-state index in [-0.39, 0.29) is 0 Å².